The molecule has 122 valence electrons. The van der Waals surface area contributed by atoms with Crippen molar-refractivity contribution in [3.63, 3.8) is 0 Å². The van der Waals surface area contributed by atoms with Crippen LogP contribution in [0.15, 0.2) is 0 Å². The summed E-state index contributed by atoms with van der Waals surface area (Å²) < 4.78 is 0. The van der Waals surface area contributed by atoms with Gasteiger partial charge in [-0.15, -0.1) is 0 Å². The molecule has 21 heavy (non-hydrogen) atoms. The third-order valence-electron chi connectivity index (χ3n) is 6.45. The molecule has 0 spiro atoms. The van der Waals surface area contributed by atoms with Gasteiger partial charge in [-0.2, -0.15) is 0 Å². The molecule has 1 N–H and O–H groups in total. The average Bonchev–Trinajstić information content (AvgIpc) is 2.89. The third kappa shape index (κ3) is 4.22. The molecule has 0 radical (unpaired) electrons. The SMILES string of the molecule is CC1CCNC(C2CCCCC2)CN1C1CCCCCC1. The van der Waals surface area contributed by atoms with E-state index in [9.17, 15) is 0 Å². The smallest absolute Gasteiger partial charge is 0.0223 e. The first-order valence-electron chi connectivity index (χ1n) is 9.84. The van der Waals surface area contributed by atoms with Gasteiger partial charge in [0.05, 0.1) is 0 Å². The Labute approximate surface area is 132 Å². The molecule has 2 unspecified atom stereocenters. The summed E-state index contributed by atoms with van der Waals surface area (Å²) in [5.74, 6) is 0.956. The normalized spacial score (nSPS) is 35.3. The van der Waals surface area contributed by atoms with E-state index in [1.807, 2.05) is 0 Å². The first kappa shape index (κ1) is 15.8. The minimum atomic E-state index is 0.776. The monoisotopic (exact) mass is 292 g/mol. The number of rotatable bonds is 2. The Bertz CT molecular complexity index is 290. The van der Waals surface area contributed by atoms with Crippen LogP contribution >= 0.6 is 0 Å². The van der Waals surface area contributed by atoms with E-state index in [2.05, 4.69) is 17.1 Å². The fraction of sp³-hybridized carbons (Fsp3) is 1.00. The lowest BCUT2D eigenvalue weighted by Gasteiger charge is -2.39. The maximum Gasteiger partial charge on any atom is 0.0223 e. The minimum absolute atomic E-state index is 0.776. The molecule has 1 aliphatic heterocycles. The van der Waals surface area contributed by atoms with Crippen LogP contribution in [0.25, 0.3) is 0 Å². The van der Waals surface area contributed by atoms with Crippen LogP contribution in [-0.4, -0.2) is 36.1 Å². The summed E-state index contributed by atoms with van der Waals surface area (Å²) in [6.45, 7) is 5.05. The third-order valence-corrected chi connectivity index (χ3v) is 6.45. The highest BCUT2D eigenvalue weighted by Crippen LogP contribution is 2.31. The van der Waals surface area contributed by atoms with Gasteiger partial charge in [0.15, 0.2) is 0 Å². The predicted octanol–water partition coefficient (Wildman–Crippen LogP) is 4.34. The first-order chi connectivity index (χ1) is 10.3. The second kappa shape index (κ2) is 7.97. The first-order valence-corrected chi connectivity index (χ1v) is 9.84. The lowest BCUT2D eigenvalue weighted by Crippen LogP contribution is -2.48. The molecule has 2 heteroatoms. The number of hydrogen-bond donors (Lipinski definition) is 1. The summed E-state index contributed by atoms with van der Waals surface area (Å²) in [5.41, 5.74) is 0. The van der Waals surface area contributed by atoms with Crippen LogP contribution in [0.4, 0.5) is 0 Å². The zero-order valence-corrected chi connectivity index (χ0v) is 14.2. The molecule has 2 saturated carbocycles. The second-order valence-electron chi connectivity index (χ2n) is 7.94. The highest BCUT2D eigenvalue weighted by Gasteiger charge is 2.32. The van der Waals surface area contributed by atoms with Crippen molar-refractivity contribution in [2.45, 2.75) is 102 Å². The van der Waals surface area contributed by atoms with Gasteiger partial charge in [0.2, 0.25) is 0 Å². The van der Waals surface area contributed by atoms with Crippen molar-refractivity contribution >= 4 is 0 Å². The van der Waals surface area contributed by atoms with Crippen molar-refractivity contribution in [1.82, 2.24) is 10.2 Å². The van der Waals surface area contributed by atoms with Gasteiger partial charge in [-0.05, 0) is 51.5 Å². The van der Waals surface area contributed by atoms with E-state index in [0.717, 1.165) is 24.0 Å². The van der Waals surface area contributed by atoms with Crippen LogP contribution in [0, 0.1) is 5.92 Å². The largest absolute Gasteiger partial charge is 0.312 e. The summed E-state index contributed by atoms with van der Waals surface area (Å²) >= 11 is 0. The lowest BCUT2D eigenvalue weighted by atomic mass is 9.83. The number of hydrogen-bond acceptors (Lipinski definition) is 2. The molecule has 3 rings (SSSR count). The van der Waals surface area contributed by atoms with Crippen molar-refractivity contribution in [2.75, 3.05) is 13.1 Å². The molecule has 3 aliphatic rings. The molecule has 3 fully saturated rings. The molecule has 2 aliphatic carbocycles. The fourth-order valence-electron chi connectivity index (χ4n) is 5.07. The summed E-state index contributed by atoms with van der Waals surface area (Å²) in [6.07, 6.45) is 17.5. The molecule has 2 atom stereocenters. The zero-order valence-electron chi connectivity index (χ0n) is 14.2. The van der Waals surface area contributed by atoms with Crippen LogP contribution in [0.5, 0.6) is 0 Å². The zero-order chi connectivity index (χ0) is 14.5. The van der Waals surface area contributed by atoms with Gasteiger partial charge in [0, 0.05) is 24.7 Å². The molecule has 1 saturated heterocycles. The summed E-state index contributed by atoms with van der Waals surface area (Å²) in [5, 5.41) is 3.92. The topological polar surface area (TPSA) is 15.3 Å². The molecule has 0 aromatic rings. The van der Waals surface area contributed by atoms with Crippen molar-refractivity contribution in [2.24, 2.45) is 5.92 Å². The van der Waals surface area contributed by atoms with E-state index in [1.165, 1.54) is 90.1 Å². The molecule has 0 bridgehead atoms. The quantitative estimate of drug-likeness (QED) is 0.762. The van der Waals surface area contributed by atoms with Crippen LogP contribution < -0.4 is 5.32 Å². The van der Waals surface area contributed by atoms with Crippen LogP contribution in [0.2, 0.25) is 0 Å². The maximum absolute atomic E-state index is 3.92. The van der Waals surface area contributed by atoms with E-state index in [-0.39, 0.29) is 0 Å². The maximum atomic E-state index is 3.92. The molecular weight excluding hydrogens is 256 g/mol. The van der Waals surface area contributed by atoms with Crippen molar-refractivity contribution < 1.29 is 0 Å². The van der Waals surface area contributed by atoms with E-state index < -0.39 is 0 Å². The lowest BCUT2D eigenvalue weighted by molar-refractivity contribution is 0.111. The number of nitrogens with zero attached hydrogens (tertiary/aromatic N) is 1. The van der Waals surface area contributed by atoms with Crippen LogP contribution in [0.1, 0.15) is 84.0 Å². The molecule has 0 aromatic heterocycles. The van der Waals surface area contributed by atoms with Crippen molar-refractivity contribution in [3.05, 3.63) is 0 Å². The Morgan fingerprint density at radius 1 is 0.762 bits per heavy atom. The van der Waals surface area contributed by atoms with Crippen molar-refractivity contribution in [1.29, 1.82) is 0 Å². The van der Waals surface area contributed by atoms with Gasteiger partial charge in [-0.1, -0.05) is 44.9 Å². The highest BCUT2D eigenvalue weighted by atomic mass is 15.2. The van der Waals surface area contributed by atoms with Gasteiger partial charge in [0.25, 0.3) is 0 Å². The molecule has 2 nitrogen and oxygen atoms in total. The fourth-order valence-corrected chi connectivity index (χ4v) is 5.07. The Balaban J connectivity index is 1.64. The van der Waals surface area contributed by atoms with Gasteiger partial charge in [-0.25, -0.2) is 0 Å². The molecular formula is C19H36N2. The molecule has 0 aromatic carbocycles. The molecule has 0 amide bonds. The van der Waals surface area contributed by atoms with Gasteiger partial charge >= 0.3 is 0 Å². The van der Waals surface area contributed by atoms with Gasteiger partial charge < -0.3 is 5.32 Å². The average molecular weight is 293 g/mol. The summed E-state index contributed by atoms with van der Waals surface area (Å²) in [6, 6.07) is 2.45. The minimum Gasteiger partial charge on any atom is -0.312 e. The summed E-state index contributed by atoms with van der Waals surface area (Å²) in [4.78, 5) is 2.92. The number of nitrogens with one attached hydrogen (secondary N) is 1. The van der Waals surface area contributed by atoms with Gasteiger partial charge in [-0.3, -0.25) is 4.90 Å². The Hall–Kier alpha value is -0.0800. The van der Waals surface area contributed by atoms with E-state index in [4.69, 9.17) is 0 Å². The Morgan fingerprint density at radius 3 is 2.10 bits per heavy atom. The van der Waals surface area contributed by atoms with E-state index >= 15 is 0 Å². The predicted molar refractivity (Wildman–Crippen MR) is 90.6 cm³/mol. The standard InChI is InChI=1S/C19H36N2/c1-16-13-14-20-19(17-9-5-4-6-10-17)15-21(16)18-11-7-2-3-8-12-18/h16-20H,2-15H2,1H3. The Morgan fingerprint density at radius 2 is 1.38 bits per heavy atom. The Kier molecular flexibility index (Phi) is 5.99. The van der Waals surface area contributed by atoms with E-state index in [1.54, 1.807) is 0 Å². The van der Waals surface area contributed by atoms with E-state index in [0.29, 0.717) is 0 Å². The molecule has 1 heterocycles. The van der Waals surface area contributed by atoms with Crippen LogP contribution in [-0.2, 0) is 0 Å². The van der Waals surface area contributed by atoms with Crippen LogP contribution in [0.3, 0.4) is 0 Å². The summed E-state index contributed by atoms with van der Waals surface area (Å²) in [7, 11) is 0. The van der Waals surface area contributed by atoms with Crippen molar-refractivity contribution in [3.8, 4) is 0 Å². The van der Waals surface area contributed by atoms with Gasteiger partial charge in [0.1, 0.15) is 0 Å². The second-order valence-corrected chi connectivity index (χ2v) is 7.94. The highest BCUT2D eigenvalue weighted by molar-refractivity contribution is 4.90.